The second-order valence-corrected chi connectivity index (χ2v) is 6.19. The van der Waals surface area contributed by atoms with Gasteiger partial charge in [0.15, 0.2) is 0 Å². The third-order valence-electron chi connectivity index (χ3n) is 4.20. The molecule has 116 valence electrons. The number of aliphatic hydroxyl groups excluding tert-OH is 1. The summed E-state index contributed by atoms with van der Waals surface area (Å²) in [6, 6.07) is 14.7. The number of hydrogen-bond donors (Lipinski definition) is 2. The lowest BCUT2D eigenvalue weighted by molar-refractivity contribution is 0.0264. The first-order valence-corrected chi connectivity index (χ1v) is 7.81. The summed E-state index contributed by atoms with van der Waals surface area (Å²) in [5.41, 5.74) is 1.32. The van der Waals surface area contributed by atoms with Crippen LogP contribution in [0.5, 0.6) is 0 Å². The third-order valence-corrected chi connectivity index (χ3v) is 4.20. The number of carbonyl (C=O) groups excluding carboxylic acids is 1. The first-order chi connectivity index (χ1) is 10.6. The fourth-order valence-electron chi connectivity index (χ4n) is 2.91. The number of benzene rings is 2. The van der Waals surface area contributed by atoms with Gasteiger partial charge in [-0.25, -0.2) is 4.79 Å². The van der Waals surface area contributed by atoms with Gasteiger partial charge in [0.1, 0.15) is 0 Å². The maximum absolute atomic E-state index is 11.8. The summed E-state index contributed by atoms with van der Waals surface area (Å²) in [6.07, 6.45) is 0.586. The third kappa shape index (κ3) is 3.22. The molecule has 2 amide bonds. The standard InChI is InChI=1S/C18H22N2O2/c1-13(10-19-18(22)20-11-16(21)12-20)9-15-7-4-6-14-5-2-3-8-17(14)15/h2-8,13,16,21H,9-12H2,1H3,(H,19,22)/t13-/m0/s1. The van der Waals surface area contributed by atoms with Gasteiger partial charge in [0.05, 0.1) is 19.2 Å². The van der Waals surface area contributed by atoms with Crippen LogP contribution in [0.1, 0.15) is 12.5 Å². The van der Waals surface area contributed by atoms with Gasteiger partial charge in [0.2, 0.25) is 0 Å². The van der Waals surface area contributed by atoms with Crippen LogP contribution in [0.4, 0.5) is 4.79 Å². The molecule has 0 radical (unpaired) electrons. The Hall–Kier alpha value is -2.07. The zero-order chi connectivity index (χ0) is 15.5. The minimum atomic E-state index is -0.348. The Morgan fingerprint density at radius 2 is 2.00 bits per heavy atom. The molecule has 0 bridgehead atoms. The summed E-state index contributed by atoms with van der Waals surface area (Å²) in [4.78, 5) is 13.5. The molecule has 2 aromatic rings. The van der Waals surface area contributed by atoms with Gasteiger partial charge < -0.3 is 15.3 Å². The van der Waals surface area contributed by atoms with Gasteiger partial charge in [-0.15, -0.1) is 0 Å². The molecule has 1 atom stereocenters. The molecule has 0 spiro atoms. The SMILES string of the molecule is C[C@H](CNC(=O)N1CC(O)C1)Cc1cccc2ccccc12. The molecule has 4 heteroatoms. The maximum atomic E-state index is 11.8. The van der Waals surface area contributed by atoms with Crippen LogP contribution in [0, 0.1) is 5.92 Å². The molecule has 1 saturated heterocycles. The zero-order valence-corrected chi connectivity index (χ0v) is 12.8. The van der Waals surface area contributed by atoms with Gasteiger partial charge in [0, 0.05) is 6.54 Å². The normalized spacial score (nSPS) is 16.4. The molecule has 0 saturated carbocycles. The molecule has 1 heterocycles. The van der Waals surface area contributed by atoms with Crippen molar-refractivity contribution < 1.29 is 9.90 Å². The second kappa shape index (κ2) is 6.36. The van der Waals surface area contributed by atoms with Crippen LogP contribution in [0.25, 0.3) is 10.8 Å². The summed E-state index contributed by atoms with van der Waals surface area (Å²) < 4.78 is 0. The van der Waals surface area contributed by atoms with Crippen LogP contribution in [0.3, 0.4) is 0 Å². The number of fused-ring (bicyclic) bond motifs is 1. The van der Waals surface area contributed by atoms with E-state index in [1.54, 1.807) is 4.90 Å². The molecular weight excluding hydrogens is 276 g/mol. The van der Waals surface area contributed by atoms with Crippen molar-refractivity contribution in [1.82, 2.24) is 10.2 Å². The zero-order valence-electron chi connectivity index (χ0n) is 12.8. The molecule has 3 rings (SSSR count). The summed E-state index contributed by atoms with van der Waals surface area (Å²) >= 11 is 0. The highest BCUT2D eigenvalue weighted by molar-refractivity contribution is 5.85. The fourth-order valence-corrected chi connectivity index (χ4v) is 2.91. The molecular formula is C18H22N2O2. The molecule has 2 aromatic carbocycles. The van der Waals surface area contributed by atoms with Crippen LogP contribution in [0.15, 0.2) is 42.5 Å². The summed E-state index contributed by atoms with van der Waals surface area (Å²) in [6.45, 7) is 3.69. The van der Waals surface area contributed by atoms with E-state index in [-0.39, 0.29) is 12.1 Å². The van der Waals surface area contributed by atoms with Crippen molar-refractivity contribution in [2.45, 2.75) is 19.4 Å². The van der Waals surface area contributed by atoms with E-state index in [1.165, 1.54) is 16.3 Å². The first-order valence-electron chi connectivity index (χ1n) is 7.81. The first kappa shape index (κ1) is 14.9. The van der Waals surface area contributed by atoms with Crippen molar-refractivity contribution in [2.75, 3.05) is 19.6 Å². The lowest BCUT2D eigenvalue weighted by Crippen LogP contribution is -2.57. The highest BCUT2D eigenvalue weighted by Crippen LogP contribution is 2.21. The number of likely N-dealkylation sites (tertiary alicyclic amines) is 1. The van der Waals surface area contributed by atoms with Crippen LogP contribution in [-0.2, 0) is 6.42 Å². The summed E-state index contributed by atoms with van der Waals surface area (Å²) in [5.74, 6) is 0.362. The van der Waals surface area contributed by atoms with Crippen molar-refractivity contribution in [3.8, 4) is 0 Å². The Labute approximate surface area is 130 Å². The largest absolute Gasteiger partial charge is 0.389 e. The Morgan fingerprint density at radius 3 is 2.77 bits per heavy atom. The van der Waals surface area contributed by atoms with E-state index in [2.05, 4.69) is 54.7 Å². The van der Waals surface area contributed by atoms with E-state index < -0.39 is 0 Å². The number of β-amino-alcohol motifs (C(OH)–C–C–N with tert-alkyl or cyclic N) is 1. The van der Waals surface area contributed by atoms with Gasteiger partial charge in [-0.05, 0) is 28.7 Å². The van der Waals surface area contributed by atoms with Gasteiger partial charge in [0.25, 0.3) is 0 Å². The molecule has 22 heavy (non-hydrogen) atoms. The van der Waals surface area contributed by atoms with E-state index in [4.69, 9.17) is 0 Å². The minimum absolute atomic E-state index is 0.0740. The van der Waals surface area contributed by atoms with E-state index in [0.29, 0.717) is 25.6 Å². The molecule has 4 nitrogen and oxygen atoms in total. The molecule has 1 aliphatic heterocycles. The highest BCUT2D eigenvalue weighted by Gasteiger charge is 2.28. The lowest BCUT2D eigenvalue weighted by atomic mass is 9.96. The van der Waals surface area contributed by atoms with Gasteiger partial charge >= 0.3 is 6.03 Å². The average Bonchev–Trinajstić information content (AvgIpc) is 2.50. The molecule has 2 N–H and O–H groups in total. The molecule has 0 unspecified atom stereocenters. The number of hydrogen-bond acceptors (Lipinski definition) is 2. The maximum Gasteiger partial charge on any atom is 0.317 e. The van der Waals surface area contributed by atoms with Gasteiger partial charge in [-0.1, -0.05) is 49.4 Å². The van der Waals surface area contributed by atoms with Crippen molar-refractivity contribution in [1.29, 1.82) is 0 Å². The van der Waals surface area contributed by atoms with Gasteiger partial charge in [-0.2, -0.15) is 0 Å². The van der Waals surface area contributed by atoms with E-state index in [9.17, 15) is 9.90 Å². The van der Waals surface area contributed by atoms with Crippen molar-refractivity contribution in [3.63, 3.8) is 0 Å². The topological polar surface area (TPSA) is 52.6 Å². The summed E-state index contributed by atoms with van der Waals surface area (Å²) in [7, 11) is 0. The number of rotatable bonds is 4. The second-order valence-electron chi connectivity index (χ2n) is 6.19. The Kier molecular flexibility index (Phi) is 4.29. The minimum Gasteiger partial charge on any atom is -0.389 e. The Bertz CT molecular complexity index is 660. The number of amides is 2. The van der Waals surface area contributed by atoms with E-state index in [0.717, 1.165) is 6.42 Å². The van der Waals surface area contributed by atoms with E-state index in [1.807, 2.05) is 0 Å². The fraction of sp³-hybridized carbons (Fsp3) is 0.389. The lowest BCUT2D eigenvalue weighted by Gasteiger charge is -2.35. The smallest absolute Gasteiger partial charge is 0.317 e. The van der Waals surface area contributed by atoms with Crippen LogP contribution < -0.4 is 5.32 Å². The van der Waals surface area contributed by atoms with Crippen molar-refractivity contribution in [2.24, 2.45) is 5.92 Å². The van der Waals surface area contributed by atoms with E-state index >= 15 is 0 Å². The van der Waals surface area contributed by atoms with Crippen molar-refractivity contribution in [3.05, 3.63) is 48.0 Å². The van der Waals surface area contributed by atoms with Crippen molar-refractivity contribution >= 4 is 16.8 Å². The molecule has 0 aromatic heterocycles. The number of nitrogens with one attached hydrogen (secondary N) is 1. The van der Waals surface area contributed by atoms with Crippen LogP contribution in [-0.4, -0.2) is 41.8 Å². The van der Waals surface area contributed by atoms with Crippen LogP contribution in [0.2, 0.25) is 0 Å². The quantitative estimate of drug-likeness (QED) is 0.910. The Balaban J connectivity index is 1.57. The predicted molar refractivity (Wildman–Crippen MR) is 87.8 cm³/mol. The number of aliphatic hydroxyl groups is 1. The highest BCUT2D eigenvalue weighted by atomic mass is 16.3. The monoisotopic (exact) mass is 298 g/mol. The summed E-state index contributed by atoms with van der Waals surface area (Å²) in [5, 5.41) is 14.7. The Morgan fingerprint density at radius 1 is 1.27 bits per heavy atom. The number of carbonyl (C=O) groups is 1. The number of nitrogens with zero attached hydrogens (tertiary/aromatic N) is 1. The predicted octanol–water partition coefficient (Wildman–Crippen LogP) is 2.40. The molecule has 0 aliphatic carbocycles. The average molecular weight is 298 g/mol. The molecule has 1 aliphatic rings. The van der Waals surface area contributed by atoms with Crippen LogP contribution >= 0.6 is 0 Å². The van der Waals surface area contributed by atoms with Gasteiger partial charge in [-0.3, -0.25) is 0 Å². The molecule has 1 fully saturated rings. The number of urea groups is 1.